The number of amides is 2. The molecule has 10 heteroatoms. The molecule has 2 amide bonds. The third kappa shape index (κ3) is 6.78. The maximum Gasteiger partial charge on any atom is 0.410 e. The Balaban J connectivity index is 1.28. The van der Waals surface area contributed by atoms with Crippen LogP contribution in [0.15, 0.2) is 40.8 Å². The van der Waals surface area contributed by atoms with Crippen LogP contribution in [-0.2, 0) is 14.3 Å². The number of likely N-dealkylation sites (tertiary alicyclic amines) is 1. The molecule has 1 atom stereocenters. The molecule has 1 aromatic heterocycles. The van der Waals surface area contributed by atoms with Crippen LogP contribution in [0, 0.1) is 0 Å². The molecule has 0 saturated carbocycles. The molecule has 4 N–H and O–H groups in total. The molecular formula is C27H34N4O6. The Bertz CT molecular complexity index is 1250. The van der Waals surface area contributed by atoms with E-state index in [0.29, 0.717) is 59.9 Å². The van der Waals surface area contributed by atoms with E-state index in [9.17, 15) is 14.7 Å². The molecule has 3 aromatic rings. The Morgan fingerprint density at radius 3 is 2.51 bits per heavy atom. The topological polar surface area (TPSA) is 140 Å². The number of aliphatic hydroxyl groups is 1. The van der Waals surface area contributed by atoms with Crippen LogP contribution in [0.5, 0.6) is 0 Å². The number of aliphatic hydroxyl groups excluding tert-OH is 1. The van der Waals surface area contributed by atoms with Gasteiger partial charge in [0.05, 0.1) is 12.2 Å². The summed E-state index contributed by atoms with van der Waals surface area (Å²) < 4.78 is 17.1. The zero-order valence-corrected chi connectivity index (χ0v) is 21.6. The number of fused-ring (bicyclic) bond motifs is 1. The van der Waals surface area contributed by atoms with Crippen molar-refractivity contribution in [1.29, 1.82) is 0 Å². The van der Waals surface area contributed by atoms with Crippen LogP contribution < -0.4 is 11.1 Å². The molecule has 4 rings (SSSR count). The lowest BCUT2D eigenvalue weighted by Crippen LogP contribution is -2.43. The van der Waals surface area contributed by atoms with Crippen LogP contribution in [-0.4, -0.2) is 58.4 Å². The van der Waals surface area contributed by atoms with Crippen molar-refractivity contribution < 1.29 is 28.6 Å². The normalized spacial score (nSPS) is 15.5. The predicted molar refractivity (Wildman–Crippen MR) is 140 cm³/mol. The second-order valence-corrected chi connectivity index (χ2v) is 10.3. The number of rotatable bonds is 6. The number of carbonyl (C=O) groups is 2. The van der Waals surface area contributed by atoms with Crippen molar-refractivity contribution >= 4 is 34.5 Å². The summed E-state index contributed by atoms with van der Waals surface area (Å²) in [6.45, 7) is 8.15. The lowest BCUT2D eigenvalue weighted by atomic mass is 10.1. The van der Waals surface area contributed by atoms with E-state index in [1.807, 2.05) is 20.8 Å². The third-order valence-electron chi connectivity index (χ3n) is 5.95. The van der Waals surface area contributed by atoms with Crippen molar-refractivity contribution in [2.24, 2.45) is 0 Å². The number of carbonyl (C=O) groups excluding carboxylic acids is 2. The van der Waals surface area contributed by atoms with Gasteiger partial charge in [0.1, 0.15) is 17.7 Å². The van der Waals surface area contributed by atoms with Crippen LogP contribution in [0.25, 0.3) is 22.6 Å². The van der Waals surface area contributed by atoms with Crippen LogP contribution in [0.1, 0.15) is 52.2 Å². The number of hydrogen-bond acceptors (Lipinski definition) is 8. The molecule has 0 spiro atoms. The van der Waals surface area contributed by atoms with E-state index in [-0.39, 0.29) is 24.7 Å². The van der Waals surface area contributed by atoms with E-state index in [0.717, 1.165) is 5.56 Å². The van der Waals surface area contributed by atoms with Gasteiger partial charge in [0.15, 0.2) is 5.58 Å². The minimum absolute atomic E-state index is 0.0759. The number of nitrogens with zero attached hydrogens (tertiary/aromatic N) is 2. The summed E-state index contributed by atoms with van der Waals surface area (Å²) in [6.07, 6.45) is 0.135. The standard InChI is InChI=1S/C27H34N4O6/c1-16(32)21-13-18(28)14-22-24(21)36-25(30-22)17-5-7-19(8-6-17)29-23(33)15-35-20-9-11-31(12-10-20)26(34)37-27(2,3)4/h5-8,13-14,16,20,32H,9-12,15,28H2,1-4H3,(H,29,33). The van der Waals surface area contributed by atoms with Crippen LogP contribution in [0.4, 0.5) is 16.2 Å². The summed E-state index contributed by atoms with van der Waals surface area (Å²) in [5, 5.41) is 12.9. The van der Waals surface area contributed by atoms with E-state index < -0.39 is 11.7 Å². The number of piperidine rings is 1. The summed E-state index contributed by atoms with van der Waals surface area (Å²) in [5.41, 5.74) is 8.86. The van der Waals surface area contributed by atoms with E-state index >= 15 is 0 Å². The van der Waals surface area contributed by atoms with Crippen LogP contribution in [0.3, 0.4) is 0 Å². The van der Waals surface area contributed by atoms with Gasteiger partial charge in [-0.05, 0) is 76.9 Å². The van der Waals surface area contributed by atoms with E-state index in [4.69, 9.17) is 19.6 Å². The fourth-order valence-corrected chi connectivity index (χ4v) is 4.13. The quantitative estimate of drug-likeness (QED) is 0.412. The number of nitrogen functional groups attached to an aromatic ring is 1. The maximum atomic E-state index is 12.4. The van der Waals surface area contributed by atoms with Gasteiger partial charge in [-0.25, -0.2) is 9.78 Å². The first-order chi connectivity index (χ1) is 17.5. The minimum Gasteiger partial charge on any atom is -0.444 e. The molecule has 1 aliphatic rings. The Labute approximate surface area is 215 Å². The van der Waals surface area contributed by atoms with Gasteiger partial charge in [-0.2, -0.15) is 0 Å². The summed E-state index contributed by atoms with van der Waals surface area (Å²) in [4.78, 5) is 30.7. The highest BCUT2D eigenvalue weighted by atomic mass is 16.6. The van der Waals surface area contributed by atoms with E-state index in [1.165, 1.54) is 0 Å². The van der Waals surface area contributed by atoms with Gasteiger partial charge in [0, 0.05) is 35.6 Å². The minimum atomic E-state index is -0.746. The molecule has 0 radical (unpaired) electrons. The number of ether oxygens (including phenoxy) is 2. The number of nitrogens with one attached hydrogen (secondary N) is 1. The van der Waals surface area contributed by atoms with Crippen molar-refractivity contribution in [2.45, 2.75) is 58.3 Å². The number of anilines is 2. The molecule has 1 unspecified atom stereocenters. The van der Waals surface area contributed by atoms with Crippen molar-refractivity contribution in [3.8, 4) is 11.5 Å². The molecule has 0 aliphatic carbocycles. The fraction of sp³-hybridized carbons (Fsp3) is 0.444. The summed E-state index contributed by atoms with van der Waals surface area (Å²) in [6, 6.07) is 10.5. The lowest BCUT2D eigenvalue weighted by molar-refractivity contribution is -0.123. The van der Waals surface area contributed by atoms with Gasteiger partial charge in [-0.15, -0.1) is 0 Å². The van der Waals surface area contributed by atoms with Gasteiger partial charge in [-0.1, -0.05) is 0 Å². The SMILES string of the molecule is CC(O)c1cc(N)cc2nc(-c3ccc(NC(=O)COC4CCN(C(=O)OC(C)(C)C)CC4)cc3)oc12. The van der Waals surface area contributed by atoms with E-state index in [2.05, 4.69) is 10.3 Å². The summed E-state index contributed by atoms with van der Waals surface area (Å²) in [5.74, 6) is 0.127. The van der Waals surface area contributed by atoms with Crippen LogP contribution >= 0.6 is 0 Å². The number of nitrogens with two attached hydrogens (primary N) is 1. The highest BCUT2D eigenvalue weighted by Gasteiger charge is 2.27. The van der Waals surface area contributed by atoms with Gasteiger partial charge in [0.2, 0.25) is 11.8 Å². The number of hydrogen-bond donors (Lipinski definition) is 3. The van der Waals surface area contributed by atoms with Crippen molar-refractivity contribution in [1.82, 2.24) is 9.88 Å². The molecule has 37 heavy (non-hydrogen) atoms. The van der Waals surface area contributed by atoms with Crippen molar-refractivity contribution in [2.75, 3.05) is 30.7 Å². The van der Waals surface area contributed by atoms with Gasteiger partial charge in [-0.3, -0.25) is 4.79 Å². The molecule has 1 aliphatic heterocycles. The summed E-state index contributed by atoms with van der Waals surface area (Å²) >= 11 is 0. The Morgan fingerprint density at radius 1 is 1.22 bits per heavy atom. The largest absolute Gasteiger partial charge is 0.444 e. The van der Waals surface area contributed by atoms with Crippen molar-refractivity contribution in [3.63, 3.8) is 0 Å². The van der Waals surface area contributed by atoms with Gasteiger partial charge >= 0.3 is 6.09 Å². The molecule has 1 fully saturated rings. The number of oxazole rings is 1. The fourth-order valence-electron chi connectivity index (χ4n) is 4.13. The lowest BCUT2D eigenvalue weighted by Gasteiger charge is -2.33. The Hall–Kier alpha value is -3.63. The Morgan fingerprint density at radius 2 is 1.89 bits per heavy atom. The average molecular weight is 511 g/mol. The first-order valence-electron chi connectivity index (χ1n) is 12.4. The highest BCUT2D eigenvalue weighted by Crippen LogP contribution is 2.32. The zero-order chi connectivity index (χ0) is 26.7. The second-order valence-electron chi connectivity index (χ2n) is 10.3. The predicted octanol–water partition coefficient (Wildman–Crippen LogP) is 4.48. The van der Waals surface area contributed by atoms with Crippen molar-refractivity contribution in [3.05, 3.63) is 42.0 Å². The molecule has 1 saturated heterocycles. The summed E-state index contributed by atoms with van der Waals surface area (Å²) in [7, 11) is 0. The van der Waals surface area contributed by atoms with Gasteiger partial charge < -0.3 is 34.9 Å². The third-order valence-corrected chi connectivity index (χ3v) is 5.95. The first kappa shape index (κ1) is 26.4. The Kier molecular flexibility index (Phi) is 7.70. The molecule has 0 bridgehead atoms. The van der Waals surface area contributed by atoms with Gasteiger partial charge in [0.25, 0.3) is 0 Å². The molecule has 2 heterocycles. The van der Waals surface area contributed by atoms with E-state index in [1.54, 1.807) is 48.2 Å². The highest BCUT2D eigenvalue weighted by molar-refractivity contribution is 5.92. The second kappa shape index (κ2) is 10.8. The zero-order valence-electron chi connectivity index (χ0n) is 21.6. The molecule has 198 valence electrons. The smallest absolute Gasteiger partial charge is 0.410 e. The monoisotopic (exact) mass is 510 g/mol. The molecule has 10 nitrogen and oxygen atoms in total. The average Bonchev–Trinajstić information content (AvgIpc) is 3.25. The molecule has 2 aromatic carbocycles. The first-order valence-corrected chi connectivity index (χ1v) is 12.4. The van der Waals surface area contributed by atoms with Crippen LogP contribution in [0.2, 0.25) is 0 Å². The number of benzene rings is 2. The maximum absolute atomic E-state index is 12.4. The molecular weight excluding hydrogens is 476 g/mol. The number of aromatic nitrogens is 1.